The van der Waals surface area contributed by atoms with E-state index in [2.05, 4.69) is 34.0 Å². The van der Waals surface area contributed by atoms with Gasteiger partial charge in [0.05, 0.1) is 12.8 Å². The summed E-state index contributed by atoms with van der Waals surface area (Å²) in [4.78, 5) is 4.64. The number of halogens is 1. The molecule has 6 heteroatoms. The molecule has 1 heterocycles. The fraction of sp³-hybridized carbons (Fsp3) is 0.353. The van der Waals surface area contributed by atoms with Gasteiger partial charge in [0.15, 0.2) is 5.96 Å². The average molecular weight is 445 g/mol. The van der Waals surface area contributed by atoms with Gasteiger partial charge in [0.1, 0.15) is 5.76 Å². The van der Waals surface area contributed by atoms with Crippen molar-refractivity contribution in [1.29, 1.82) is 0 Å². The van der Waals surface area contributed by atoms with E-state index < -0.39 is 0 Å². The van der Waals surface area contributed by atoms with Gasteiger partial charge < -0.3 is 15.1 Å². The van der Waals surface area contributed by atoms with Gasteiger partial charge in [0, 0.05) is 25.3 Å². The summed E-state index contributed by atoms with van der Waals surface area (Å²) >= 11 is 1.82. The first-order valence-corrected chi connectivity index (χ1v) is 8.85. The van der Waals surface area contributed by atoms with Crippen molar-refractivity contribution in [1.82, 2.24) is 10.6 Å². The van der Waals surface area contributed by atoms with E-state index in [1.807, 2.05) is 42.1 Å². The van der Waals surface area contributed by atoms with Gasteiger partial charge in [0.25, 0.3) is 0 Å². The van der Waals surface area contributed by atoms with Crippen molar-refractivity contribution < 1.29 is 4.42 Å². The Bertz CT molecular complexity index is 546. The van der Waals surface area contributed by atoms with Crippen molar-refractivity contribution in [2.45, 2.75) is 13.0 Å². The second kappa shape index (κ2) is 12.3. The van der Waals surface area contributed by atoms with Gasteiger partial charge in [-0.15, -0.1) is 24.0 Å². The number of nitrogens with one attached hydrogen (secondary N) is 2. The predicted molar refractivity (Wildman–Crippen MR) is 110 cm³/mol. The third kappa shape index (κ3) is 8.31. The summed E-state index contributed by atoms with van der Waals surface area (Å²) in [7, 11) is 0. The Kier molecular flexibility index (Phi) is 10.6. The molecule has 0 spiro atoms. The van der Waals surface area contributed by atoms with Crippen LogP contribution in [0.15, 0.2) is 58.1 Å². The second-order valence-corrected chi connectivity index (χ2v) is 5.81. The molecular formula is C17H24IN3OS. The van der Waals surface area contributed by atoms with Crippen LogP contribution in [-0.2, 0) is 13.0 Å². The van der Waals surface area contributed by atoms with Gasteiger partial charge in [-0.3, -0.25) is 0 Å². The summed E-state index contributed by atoms with van der Waals surface area (Å²) in [5, 5.41) is 6.72. The molecule has 2 aromatic rings. The number of thioether (sulfide) groups is 1. The molecule has 0 unspecified atom stereocenters. The van der Waals surface area contributed by atoms with Crippen LogP contribution in [0.5, 0.6) is 0 Å². The number of aliphatic imine (C=N–C) groups is 1. The number of hydrogen-bond donors (Lipinski definition) is 2. The molecule has 0 aliphatic rings. The normalized spacial score (nSPS) is 10.9. The molecule has 0 aliphatic heterocycles. The second-order valence-electron chi connectivity index (χ2n) is 4.83. The van der Waals surface area contributed by atoms with Crippen molar-refractivity contribution in [3.63, 3.8) is 0 Å². The SMILES string of the molecule is CSCCNC(=NCc1ccccc1)NCCc1ccco1.I. The lowest BCUT2D eigenvalue weighted by atomic mass is 10.2. The zero-order valence-corrected chi connectivity index (χ0v) is 16.5. The minimum absolute atomic E-state index is 0. The van der Waals surface area contributed by atoms with Crippen molar-refractivity contribution in [3.8, 4) is 0 Å². The number of hydrogen-bond acceptors (Lipinski definition) is 3. The monoisotopic (exact) mass is 445 g/mol. The van der Waals surface area contributed by atoms with E-state index in [-0.39, 0.29) is 24.0 Å². The van der Waals surface area contributed by atoms with E-state index >= 15 is 0 Å². The Morgan fingerprint density at radius 3 is 2.57 bits per heavy atom. The van der Waals surface area contributed by atoms with Crippen LogP contribution in [0, 0.1) is 0 Å². The molecule has 0 amide bonds. The molecule has 0 saturated carbocycles. The van der Waals surface area contributed by atoms with E-state index in [1.54, 1.807) is 6.26 Å². The van der Waals surface area contributed by atoms with Gasteiger partial charge in [-0.25, -0.2) is 4.99 Å². The molecule has 23 heavy (non-hydrogen) atoms. The van der Waals surface area contributed by atoms with Gasteiger partial charge >= 0.3 is 0 Å². The van der Waals surface area contributed by atoms with Crippen molar-refractivity contribution in [3.05, 3.63) is 60.1 Å². The zero-order valence-electron chi connectivity index (χ0n) is 13.3. The molecule has 0 bridgehead atoms. The number of guanidine groups is 1. The predicted octanol–water partition coefficient (Wildman–Crippen LogP) is 3.54. The first-order chi connectivity index (χ1) is 10.9. The highest BCUT2D eigenvalue weighted by Gasteiger charge is 2.00. The summed E-state index contributed by atoms with van der Waals surface area (Å²) in [5.74, 6) is 2.90. The average Bonchev–Trinajstić information content (AvgIpc) is 3.06. The van der Waals surface area contributed by atoms with Crippen LogP contribution in [0.3, 0.4) is 0 Å². The summed E-state index contributed by atoms with van der Waals surface area (Å²) in [5.41, 5.74) is 1.21. The maximum absolute atomic E-state index is 5.34. The fourth-order valence-corrected chi connectivity index (χ4v) is 2.26. The highest BCUT2D eigenvalue weighted by Crippen LogP contribution is 2.01. The van der Waals surface area contributed by atoms with Crippen LogP contribution in [0.1, 0.15) is 11.3 Å². The van der Waals surface area contributed by atoms with E-state index in [9.17, 15) is 0 Å². The Morgan fingerprint density at radius 2 is 1.87 bits per heavy atom. The molecule has 0 saturated heterocycles. The smallest absolute Gasteiger partial charge is 0.191 e. The summed E-state index contributed by atoms with van der Waals surface area (Å²) in [6, 6.07) is 14.2. The van der Waals surface area contributed by atoms with E-state index in [0.717, 1.165) is 37.0 Å². The Hall–Kier alpha value is -1.15. The lowest BCUT2D eigenvalue weighted by Gasteiger charge is -2.12. The van der Waals surface area contributed by atoms with Crippen molar-refractivity contribution in [2.75, 3.05) is 25.1 Å². The molecule has 0 radical (unpaired) electrons. The Morgan fingerprint density at radius 1 is 1.09 bits per heavy atom. The zero-order chi connectivity index (χ0) is 15.5. The summed E-state index contributed by atoms with van der Waals surface area (Å²) in [6.45, 7) is 2.38. The first kappa shape index (κ1) is 19.9. The maximum Gasteiger partial charge on any atom is 0.191 e. The Labute approximate surface area is 159 Å². The van der Waals surface area contributed by atoms with Crippen LogP contribution in [-0.4, -0.2) is 31.1 Å². The quantitative estimate of drug-likeness (QED) is 0.283. The van der Waals surface area contributed by atoms with Gasteiger partial charge in [0.2, 0.25) is 0 Å². The van der Waals surface area contributed by atoms with Crippen molar-refractivity contribution >= 4 is 41.7 Å². The summed E-state index contributed by atoms with van der Waals surface area (Å²) in [6.07, 6.45) is 4.66. The van der Waals surface area contributed by atoms with Gasteiger partial charge in [-0.1, -0.05) is 30.3 Å². The summed E-state index contributed by atoms with van der Waals surface area (Å²) < 4.78 is 5.34. The van der Waals surface area contributed by atoms with Crippen LogP contribution in [0.25, 0.3) is 0 Å². The lowest BCUT2D eigenvalue weighted by molar-refractivity contribution is 0.507. The van der Waals surface area contributed by atoms with Gasteiger partial charge in [-0.05, 0) is 24.0 Å². The van der Waals surface area contributed by atoms with Crippen LogP contribution in [0.2, 0.25) is 0 Å². The van der Waals surface area contributed by atoms with Crippen LogP contribution >= 0.6 is 35.7 Å². The number of furan rings is 1. The molecule has 0 aliphatic carbocycles. The fourth-order valence-electron chi connectivity index (χ4n) is 1.96. The highest BCUT2D eigenvalue weighted by molar-refractivity contribution is 14.0. The first-order valence-electron chi connectivity index (χ1n) is 7.46. The standard InChI is InChI=1S/C17H23N3OS.HI/c1-22-13-11-19-17(18-10-9-16-8-5-12-21-16)20-14-15-6-3-2-4-7-15;/h2-8,12H,9-11,13-14H2,1H3,(H2,18,19,20);1H. The molecule has 2 N–H and O–H groups in total. The molecule has 0 atom stereocenters. The molecular weight excluding hydrogens is 421 g/mol. The Balaban J connectivity index is 0.00000264. The minimum Gasteiger partial charge on any atom is -0.469 e. The molecule has 1 aromatic heterocycles. The number of nitrogens with zero attached hydrogens (tertiary/aromatic N) is 1. The molecule has 0 fully saturated rings. The van der Waals surface area contributed by atoms with E-state index in [1.165, 1.54) is 5.56 Å². The largest absolute Gasteiger partial charge is 0.469 e. The van der Waals surface area contributed by atoms with E-state index in [4.69, 9.17) is 4.42 Å². The molecule has 126 valence electrons. The maximum atomic E-state index is 5.34. The molecule has 1 aromatic carbocycles. The highest BCUT2D eigenvalue weighted by atomic mass is 127. The van der Waals surface area contributed by atoms with Crippen LogP contribution in [0.4, 0.5) is 0 Å². The van der Waals surface area contributed by atoms with Crippen LogP contribution < -0.4 is 10.6 Å². The lowest BCUT2D eigenvalue weighted by Crippen LogP contribution is -2.39. The number of benzene rings is 1. The topological polar surface area (TPSA) is 49.6 Å². The third-order valence-electron chi connectivity index (χ3n) is 3.11. The number of rotatable bonds is 8. The van der Waals surface area contributed by atoms with E-state index in [0.29, 0.717) is 6.54 Å². The third-order valence-corrected chi connectivity index (χ3v) is 3.72. The van der Waals surface area contributed by atoms with Gasteiger partial charge in [-0.2, -0.15) is 11.8 Å². The molecule has 4 nitrogen and oxygen atoms in total. The minimum atomic E-state index is 0. The van der Waals surface area contributed by atoms with Crippen molar-refractivity contribution in [2.24, 2.45) is 4.99 Å². The molecule has 2 rings (SSSR count).